The predicted molar refractivity (Wildman–Crippen MR) is 171 cm³/mol. The molecule has 0 bridgehead atoms. The Morgan fingerprint density at radius 3 is 2.20 bits per heavy atom. The fourth-order valence-corrected chi connectivity index (χ4v) is 4.76. The minimum Gasteiger partial charge on any atom is -0.507 e. The van der Waals surface area contributed by atoms with Gasteiger partial charge in [-0.1, -0.05) is 104 Å². The van der Waals surface area contributed by atoms with Crippen LogP contribution < -0.4 is 11.5 Å². The van der Waals surface area contributed by atoms with E-state index in [4.69, 9.17) is 11.5 Å². The molecule has 2 unspecified atom stereocenters. The van der Waals surface area contributed by atoms with Crippen LogP contribution >= 0.6 is 0 Å². The smallest absolute Gasteiger partial charge is 0.122 e. The first-order valence-electron chi connectivity index (χ1n) is 14.1. The van der Waals surface area contributed by atoms with Crippen LogP contribution in [0.3, 0.4) is 0 Å². The van der Waals surface area contributed by atoms with Gasteiger partial charge in [-0.15, -0.1) is 0 Å². The van der Waals surface area contributed by atoms with E-state index in [1.165, 1.54) is 22.3 Å². The molecule has 210 valence electrons. The van der Waals surface area contributed by atoms with E-state index in [-0.39, 0.29) is 0 Å². The fourth-order valence-electron chi connectivity index (χ4n) is 4.76. The maximum Gasteiger partial charge on any atom is 0.122 e. The van der Waals surface area contributed by atoms with Crippen molar-refractivity contribution in [2.45, 2.75) is 46.1 Å². The standard InChI is InChI=1S/C19H25NO.C17H19NO/c1-13-11-14(2)18(15(13)3)8-7-16-5-4-6-17(12-16)19(21)9-10-20;18-12-4-7-14-5-3-6-15(13-14)10-11-16-8-1-2-9-17(16)19/h4-8,11-13,19,21H,9-10,20H2,1-3H3;1-3,5-6,8-11,13,19H,4,7,12,18H2/b8-7+;11-10+. The normalized spacial score (nSPS) is 15.8. The number of rotatable bonds is 10. The lowest BCUT2D eigenvalue weighted by molar-refractivity contribution is 0.170. The van der Waals surface area contributed by atoms with E-state index in [0.717, 1.165) is 41.6 Å². The molecule has 1 aliphatic rings. The van der Waals surface area contributed by atoms with Crippen LogP contribution in [0, 0.1) is 5.92 Å². The van der Waals surface area contributed by atoms with Crippen LogP contribution in [0.5, 0.6) is 5.75 Å². The second-order valence-electron chi connectivity index (χ2n) is 10.4. The molecule has 0 radical (unpaired) electrons. The summed E-state index contributed by atoms with van der Waals surface area (Å²) < 4.78 is 0. The van der Waals surface area contributed by atoms with Gasteiger partial charge >= 0.3 is 0 Å². The average molecular weight is 537 g/mol. The number of nitrogens with two attached hydrogens (primary N) is 2. The van der Waals surface area contributed by atoms with Gasteiger partial charge < -0.3 is 21.7 Å². The molecule has 4 nitrogen and oxygen atoms in total. The van der Waals surface area contributed by atoms with Crippen LogP contribution in [0.15, 0.2) is 102 Å². The van der Waals surface area contributed by atoms with E-state index in [2.05, 4.69) is 69.3 Å². The van der Waals surface area contributed by atoms with Crippen LogP contribution in [0.1, 0.15) is 67.5 Å². The second kappa shape index (κ2) is 15.8. The number of hydrogen-bond donors (Lipinski definition) is 4. The molecule has 0 spiro atoms. The highest BCUT2D eigenvalue weighted by atomic mass is 16.3. The third kappa shape index (κ3) is 9.20. The molecule has 0 aromatic heterocycles. The molecule has 40 heavy (non-hydrogen) atoms. The number of benzene rings is 3. The van der Waals surface area contributed by atoms with Crippen molar-refractivity contribution in [1.29, 1.82) is 0 Å². The summed E-state index contributed by atoms with van der Waals surface area (Å²) >= 11 is 0. The lowest BCUT2D eigenvalue weighted by Crippen LogP contribution is -2.06. The maximum atomic E-state index is 10.0. The molecule has 1 aliphatic carbocycles. The zero-order chi connectivity index (χ0) is 28.9. The van der Waals surface area contributed by atoms with Crippen molar-refractivity contribution >= 4 is 18.2 Å². The molecule has 0 saturated carbocycles. The largest absolute Gasteiger partial charge is 0.507 e. The van der Waals surface area contributed by atoms with E-state index in [1.54, 1.807) is 6.07 Å². The Hall–Kier alpha value is -3.70. The van der Waals surface area contributed by atoms with Crippen molar-refractivity contribution in [2.75, 3.05) is 13.1 Å². The number of aromatic hydroxyl groups is 1. The van der Waals surface area contributed by atoms with Gasteiger partial charge in [0.05, 0.1) is 6.10 Å². The van der Waals surface area contributed by atoms with Gasteiger partial charge in [-0.3, -0.25) is 0 Å². The molecule has 4 rings (SSSR count). The number of aliphatic hydroxyl groups excluding tert-OH is 1. The quantitative estimate of drug-likeness (QED) is 0.203. The number of phenols is 1. The van der Waals surface area contributed by atoms with Crippen molar-refractivity contribution in [3.05, 3.63) is 129 Å². The van der Waals surface area contributed by atoms with Crippen LogP contribution in [-0.4, -0.2) is 23.3 Å². The highest BCUT2D eigenvalue weighted by Crippen LogP contribution is 2.31. The van der Waals surface area contributed by atoms with Crippen molar-refractivity contribution < 1.29 is 10.2 Å². The van der Waals surface area contributed by atoms with Crippen molar-refractivity contribution in [3.8, 4) is 5.75 Å². The summed E-state index contributed by atoms with van der Waals surface area (Å²) in [4.78, 5) is 0. The molecule has 0 amide bonds. The van der Waals surface area contributed by atoms with Crippen molar-refractivity contribution in [2.24, 2.45) is 17.4 Å². The van der Waals surface area contributed by atoms with Crippen LogP contribution in [0.2, 0.25) is 0 Å². The Labute approximate surface area is 240 Å². The molecule has 0 fully saturated rings. The van der Waals surface area contributed by atoms with E-state index in [1.807, 2.05) is 48.6 Å². The molecule has 3 aromatic rings. The minimum absolute atomic E-state index is 0.304. The van der Waals surface area contributed by atoms with E-state index < -0.39 is 6.10 Å². The molecule has 6 N–H and O–H groups in total. The van der Waals surface area contributed by atoms with Gasteiger partial charge in [0.25, 0.3) is 0 Å². The summed E-state index contributed by atoms with van der Waals surface area (Å²) in [5.74, 6) is 0.834. The molecule has 4 heteroatoms. The van der Waals surface area contributed by atoms with Gasteiger partial charge in [0.1, 0.15) is 5.75 Å². The van der Waals surface area contributed by atoms with Gasteiger partial charge in [0.2, 0.25) is 0 Å². The fraction of sp³-hybridized carbons (Fsp3) is 0.278. The maximum absolute atomic E-state index is 10.0. The lowest BCUT2D eigenvalue weighted by Gasteiger charge is -2.10. The number of para-hydroxylation sites is 1. The van der Waals surface area contributed by atoms with Gasteiger partial charge in [0, 0.05) is 5.56 Å². The number of aliphatic hydroxyl groups is 1. The highest BCUT2D eigenvalue weighted by molar-refractivity contribution is 5.72. The van der Waals surface area contributed by atoms with E-state index in [0.29, 0.717) is 24.6 Å². The zero-order valence-electron chi connectivity index (χ0n) is 24.1. The number of aryl methyl sites for hydroxylation is 1. The van der Waals surface area contributed by atoms with Gasteiger partial charge in [-0.05, 0) is 97.7 Å². The van der Waals surface area contributed by atoms with E-state index >= 15 is 0 Å². The van der Waals surface area contributed by atoms with Crippen LogP contribution in [0.25, 0.3) is 18.2 Å². The summed E-state index contributed by atoms with van der Waals surface area (Å²) in [7, 11) is 0. The Morgan fingerprint density at radius 2 is 1.52 bits per heavy atom. The van der Waals surface area contributed by atoms with Gasteiger partial charge in [-0.2, -0.15) is 0 Å². The van der Waals surface area contributed by atoms with Crippen LogP contribution in [-0.2, 0) is 6.42 Å². The summed E-state index contributed by atoms with van der Waals surface area (Å²) in [5.41, 5.74) is 20.4. The highest BCUT2D eigenvalue weighted by Gasteiger charge is 2.15. The lowest BCUT2D eigenvalue weighted by atomic mass is 10.0. The number of allylic oxidation sites excluding steroid dienone is 5. The second-order valence-corrected chi connectivity index (χ2v) is 10.4. The van der Waals surface area contributed by atoms with Crippen molar-refractivity contribution in [3.63, 3.8) is 0 Å². The summed E-state index contributed by atoms with van der Waals surface area (Å²) in [5, 5.41) is 19.7. The molecule has 3 aromatic carbocycles. The van der Waals surface area contributed by atoms with Gasteiger partial charge in [0.15, 0.2) is 0 Å². The topological polar surface area (TPSA) is 92.5 Å². The first-order valence-corrected chi connectivity index (χ1v) is 14.1. The third-order valence-corrected chi connectivity index (χ3v) is 7.22. The SMILES string of the molecule is CC1=CC(C)C(C)=C1/C=C/c1cccc(C(O)CCN)c1.NCCCc1cccc(/C=C/c2ccccc2O)c1. The zero-order valence-corrected chi connectivity index (χ0v) is 24.1. The van der Waals surface area contributed by atoms with Crippen LogP contribution in [0.4, 0.5) is 0 Å². The molecule has 0 heterocycles. The third-order valence-electron chi connectivity index (χ3n) is 7.22. The number of phenolic OH excluding ortho intramolecular Hbond substituents is 1. The Morgan fingerprint density at radius 1 is 0.825 bits per heavy atom. The van der Waals surface area contributed by atoms with Gasteiger partial charge in [-0.25, -0.2) is 0 Å². The Bertz CT molecular complexity index is 1370. The predicted octanol–water partition coefficient (Wildman–Crippen LogP) is 7.45. The monoisotopic (exact) mass is 536 g/mol. The summed E-state index contributed by atoms with van der Waals surface area (Å²) in [6.45, 7) is 7.80. The Balaban J connectivity index is 0.000000222. The number of hydrogen-bond acceptors (Lipinski definition) is 4. The Kier molecular flexibility index (Phi) is 12.2. The minimum atomic E-state index is -0.475. The average Bonchev–Trinajstić information content (AvgIpc) is 3.21. The summed E-state index contributed by atoms with van der Waals surface area (Å²) in [6.07, 6.45) is 12.7. The molecular weight excluding hydrogens is 492 g/mol. The summed E-state index contributed by atoms with van der Waals surface area (Å²) in [6, 6.07) is 23.7. The molecule has 2 atom stereocenters. The first-order chi connectivity index (χ1) is 19.3. The van der Waals surface area contributed by atoms with Crippen molar-refractivity contribution in [1.82, 2.24) is 0 Å². The molecular formula is C36H44N2O2. The first kappa shape index (κ1) is 30.8. The van der Waals surface area contributed by atoms with E-state index in [9.17, 15) is 10.2 Å². The molecule has 0 aliphatic heterocycles. The molecule has 0 saturated heterocycles.